The Balaban J connectivity index is 2.90. The molecule has 0 aliphatic rings. The average Bonchev–Trinajstić information content (AvgIpc) is 2.52. The molecule has 1 aromatic carbocycles. The minimum atomic E-state index is -4.97. The van der Waals surface area contributed by atoms with Crippen LogP contribution in [0.2, 0.25) is 0 Å². The lowest BCUT2D eigenvalue weighted by molar-refractivity contribution is -0.144. The minimum absolute atomic E-state index is 0.127. The summed E-state index contributed by atoms with van der Waals surface area (Å²) in [6.45, 7) is 0. The van der Waals surface area contributed by atoms with Crippen LogP contribution in [0.15, 0.2) is 32.8 Å². The van der Waals surface area contributed by atoms with Crippen molar-refractivity contribution in [3.63, 3.8) is 0 Å². The summed E-state index contributed by atoms with van der Waals surface area (Å²) in [4.78, 5) is 37.6. The highest BCUT2D eigenvalue weighted by molar-refractivity contribution is 5.62. The number of aromatic nitrogens is 2. The first kappa shape index (κ1) is 17.8. The molecule has 0 bridgehead atoms. The van der Waals surface area contributed by atoms with E-state index in [-0.39, 0.29) is 20.8 Å². The first-order valence-electron chi connectivity index (χ1n) is 6.34. The van der Waals surface area contributed by atoms with Crippen LogP contribution >= 0.6 is 0 Å². The molecule has 2 aromatic rings. The van der Waals surface area contributed by atoms with Crippen molar-refractivity contribution in [1.29, 1.82) is 5.26 Å². The van der Waals surface area contributed by atoms with Crippen molar-refractivity contribution in [2.45, 2.75) is 6.18 Å². The molecule has 25 heavy (non-hydrogen) atoms. The molecular weight excluding hydrogens is 348 g/mol. The third-order valence-electron chi connectivity index (χ3n) is 3.20. The third-order valence-corrected chi connectivity index (χ3v) is 3.20. The molecule has 2 rings (SSSR count). The molecule has 128 valence electrons. The Labute approximate surface area is 135 Å². The van der Waals surface area contributed by atoms with E-state index in [1.165, 1.54) is 6.07 Å². The normalized spacial score (nSPS) is 10.9. The molecule has 0 unspecified atom stereocenters. The van der Waals surface area contributed by atoms with Gasteiger partial charge >= 0.3 is 11.9 Å². The number of benzene rings is 1. The van der Waals surface area contributed by atoms with E-state index in [0.29, 0.717) is 6.07 Å². The van der Waals surface area contributed by atoms with Crippen LogP contribution in [0.25, 0.3) is 5.69 Å². The summed E-state index contributed by atoms with van der Waals surface area (Å²) in [5.41, 5.74) is -5.97. The van der Waals surface area contributed by atoms with E-state index < -0.39 is 40.3 Å². The molecule has 1 aromatic heterocycles. The zero-order chi connectivity index (χ0) is 18.9. The zero-order valence-corrected chi connectivity index (χ0v) is 12.3. The van der Waals surface area contributed by atoms with Crippen LogP contribution in [-0.4, -0.2) is 15.2 Å². The van der Waals surface area contributed by atoms with E-state index >= 15 is 0 Å². The zero-order valence-electron chi connectivity index (χ0n) is 12.3. The van der Waals surface area contributed by atoms with Gasteiger partial charge in [0, 0.05) is 13.1 Å². The van der Waals surface area contributed by atoms with Crippen LogP contribution in [0.3, 0.4) is 0 Å². The predicted octanol–water partition coefficient (Wildman–Crippen LogP) is 1.53. The molecule has 0 spiro atoms. The first-order valence-corrected chi connectivity index (χ1v) is 6.34. The first-order chi connectivity index (χ1) is 11.6. The number of carbonyl (C=O) groups excluding carboxylic acids is 1. The van der Waals surface area contributed by atoms with Gasteiger partial charge < -0.3 is 0 Å². The van der Waals surface area contributed by atoms with E-state index in [1.54, 1.807) is 0 Å². The van der Waals surface area contributed by atoms with Gasteiger partial charge in [-0.3, -0.25) is 9.36 Å². The van der Waals surface area contributed by atoms with Crippen LogP contribution in [0.1, 0.15) is 11.3 Å². The van der Waals surface area contributed by atoms with Crippen molar-refractivity contribution in [1.82, 2.24) is 9.13 Å². The number of isocyanates is 1. The molecule has 0 amide bonds. The SMILES string of the molecule is Cn1c(C(F)(F)F)cc(=O)n(-c2cc(N=C=O)c(C#N)cc2F)c1=O. The highest BCUT2D eigenvalue weighted by atomic mass is 19.4. The highest BCUT2D eigenvalue weighted by Crippen LogP contribution is 2.28. The number of hydrogen-bond acceptors (Lipinski definition) is 5. The van der Waals surface area contributed by atoms with Gasteiger partial charge in [-0.25, -0.2) is 18.5 Å². The maximum Gasteiger partial charge on any atom is 0.431 e. The number of hydrogen-bond donors (Lipinski definition) is 0. The summed E-state index contributed by atoms with van der Waals surface area (Å²) >= 11 is 0. The van der Waals surface area contributed by atoms with Crippen molar-refractivity contribution in [2.75, 3.05) is 0 Å². The van der Waals surface area contributed by atoms with Gasteiger partial charge in [-0.05, 0) is 12.1 Å². The van der Waals surface area contributed by atoms with Crippen molar-refractivity contribution >= 4 is 11.8 Å². The number of halogens is 4. The second-order valence-corrected chi connectivity index (χ2v) is 4.68. The smallest absolute Gasteiger partial charge is 0.292 e. The van der Waals surface area contributed by atoms with Crippen LogP contribution in [-0.2, 0) is 18.0 Å². The molecule has 0 N–H and O–H groups in total. The van der Waals surface area contributed by atoms with Crippen LogP contribution in [0.5, 0.6) is 0 Å². The molecule has 0 saturated carbocycles. The topological polar surface area (TPSA) is 97.2 Å². The molecule has 0 aliphatic carbocycles. The molecular formula is C14H6F4N4O3. The Morgan fingerprint density at radius 3 is 2.36 bits per heavy atom. The van der Waals surface area contributed by atoms with Gasteiger partial charge in [0.2, 0.25) is 6.08 Å². The summed E-state index contributed by atoms with van der Waals surface area (Å²) in [6, 6.07) is 2.97. The standard InChI is InChI=1S/C14H6F4N4O3/c1-21-11(14(16,17)18)4-12(24)22(13(21)25)10-3-9(20-6-23)7(5-19)2-8(10)15/h2-4H,1H3. The maximum atomic E-state index is 14.1. The quantitative estimate of drug-likeness (QED) is 0.464. The second kappa shape index (κ2) is 6.18. The lowest BCUT2D eigenvalue weighted by atomic mass is 10.1. The van der Waals surface area contributed by atoms with Gasteiger partial charge in [0.1, 0.15) is 17.6 Å². The summed E-state index contributed by atoms with van der Waals surface area (Å²) in [5, 5.41) is 8.84. The molecule has 0 saturated heterocycles. The van der Waals surface area contributed by atoms with Gasteiger partial charge in [-0.2, -0.15) is 23.4 Å². The van der Waals surface area contributed by atoms with Crippen molar-refractivity contribution in [3.8, 4) is 11.8 Å². The van der Waals surface area contributed by atoms with Gasteiger partial charge in [0.25, 0.3) is 5.56 Å². The summed E-state index contributed by atoms with van der Waals surface area (Å²) in [5.74, 6) is -1.24. The van der Waals surface area contributed by atoms with Gasteiger partial charge in [0.15, 0.2) is 0 Å². The largest absolute Gasteiger partial charge is 0.431 e. The highest BCUT2D eigenvalue weighted by Gasteiger charge is 2.35. The average molecular weight is 354 g/mol. The Morgan fingerprint density at radius 1 is 1.20 bits per heavy atom. The van der Waals surface area contributed by atoms with Crippen molar-refractivity contribution in [2.24, 2.45) is 12.0 Å². The van der Waals surface area contributed by atoms with Crippen molar-refractivity contribution < 1.29 is 22.4 Å². The lowest BCUT2D eigenvalue weighted by Crippen LogP contribution is -2.41. The maximum absolute atomic E-state index is 14.1. The molecule has 0 fully saturated rings. The molecule has 11 heteroatoms. The number of rotatable bonds is 2. The summed E-state index contributed by atoms with van der Waals surface area (Å²) < 4.78 is 52.8. The number of alkyl halides is 3. The van der Waals surface area contributed by atoms with Gasteiger partial charge in [-0.15, -0.1) is 0 Å². The van der Waals surface area contributed by atoms with E-state index in [1.807, 2.05) is 0 Å². The van der Waals surface area contributed by atoms with Crippen LogP contribution in [0, 0.1) is 17.1 Å². The molecule has 0 atom stereocenters. The Kier molecular flexibility index (Phi) is 4.41. The second-order valence-electron chi connectivity index (χ2n) is 4.68. The van der Waals surface area contributed by atoms with Gasteiger partial charge in [-0.1, -0.05) is 0 Å². The Morgan fingerprint density at radius 2 is 1.84 bits per heavy atom. The number of nitriles is 1. The van der Waals surface area contributed by atoms with E-state index in [0.717, 1.165) is 19.2 Å². The van der Waals surface area contributed by atoms with Crippen LogP contribution in [0.4, 0.5) is 23.2 Å². The molecule has 7 nitrogen and oxygen atoms in total. The van der Waals surface area contributed by atoms with E-state index in [9.17, 15) is 31.9 Å². The van der Waals surface area contributed by atoms with Gasteiger partial charge in [0.05, 0.1) is 16.9 Å². The summed E-state index contributed by atoms with van der Waals surface area (Å²) in [7, 11) is 0.757. The predicted molar refractivity (Wildman–Crippen MR) is 74.7 cm³/mol. The third kappa shape index (κ3) is 3.11. The Bertz CT molecular complexity index is 1070. The van der Waals surface area contributed by atoms with E-state index in [4.69, 9.17) is 5.26 Å². The fourth-order valence-corrected chi connectivity index (χ4v) is 2.07. The van der Waals surface area contributed by atoms with Crippen LogP contribution < -0.4 is 11.2 Å². The van der Waals surface area contributed by atoms with Crippen molar-refractivity contribution in [3.05, 3.63) is 56.1 Å². The fourth-order valence-electron chi connectivity index (χ4n) is 2.07. The molecule has 1 heterocycles. The fraction of sp³-hybridized carbons (Fsp3) is 0.143. The minimum Gasteiger partial charge on any atom is -0.292 e. The molecule has 0 aliphatic heterocycles. The lowest BCUT2D eigenvalue weighted by Gasteiger charge is -2.14. The monoisotopic (exact) mass is 354 g/mol. The Hall–Kier alpha value is -3.51. The number of aliphatic imine (C=N–C) groups is 1. The van der Waals surface area contributed by atoms with E-state index in [2.05, 4.69) is 4.99 Å². The summed E-state index contributed by atoms with van der Waals surface area (Å²) in [6.07, 6.45) is -3.86. The molecule has 0 radical (unpaired) electrons. The number of nitrogens with zero attached hydrogens (tertiary/aromatic N) is 4.